The summed E-state index contributed by atoms with van der Waals surface area (Å²) < 4.78 is 16.4. The van der Waals surface area contributed by atoms with Crippen molar-refractivity contribution in [2.45, 2.75) is 37.3 Å². The first-order valence-corrected chi connectivity index (χ1v) is 15.9. The second-order valence-electron chi connectivity index (χ2n) is 10.7. The molecule has 0 saturated carbocycles. The maximum Gasteiger partial charge on any atom is 0.272 e. The van der Waals surface area contributed by atoms with Crippen LogP contribution in [0.1, 0.15) is 40.4 Å². The van der Waals surface area contributed by atoms with Gasteiger partial charge in [0.2, 0.25) is 5.91 Å². The highest BCUT2D eigenvalue weighted by molar-refractivity contribution is 8.00. The molecule has 10 heteroatoms. The first-order valence-electron chi connectivity index (χ1n) is 15.0. The van der Waals surface area contributed by atoms with E-state index >= 15 is 0 Å². The van der Waals surface area contributed by atoms with Gasteiger partial charge in [-0.05, 0) is 86.0 Å². The van der Waals surface area contributed by atoms with Gasteiger partial charge in [-0.2, -0.15) is 0 Å². The van der Waals surface area contributed by atoms with Crippen LogP contribution in [-0.2, 0) is 9.59 Å². The summed E-state index contributed by atoms with van der Waals surface area (Å²) >= 11 is 1.41. The molecule has 0 spiro atoms. The highest BCUT2D eigenvalue weighted by atomic mass is 32.2. The van der Waals surface area contributed by atoms with Gasteiger partial charge in [0.15, 0.2) is 11.5 Å². The maximum absolute atomic E-state index is 13.8. The maximum atomic E-state index is 13.8. The molecule has 0 aliphatic heterocycles. The molecule has 0 bridgehead atoms. The number of amides is 3. The van der Waals surface area contributed by atoms with E-state index in [1.54, 1.807) is 60.7 Å². The van der Waals surface area contributed by atoms with Gasteiger partial charge in [0.1, 0.15) is 11.4 Å². The van der Waals surface area contributed by atoms with Crippen LogP contribution in [0.15, 0.2) is 95.5 Å². The fourth-order valence-corrected chi connectivity index (χ4v) is 5.88. The lowest BCUT2D eigenvalue weighted by molar-refractivity contribution is -0.116. The molecule has 244 valence electrons. The van der Waals surface area contributed by atoms with E-state index in [2.05, 4.69) is 22.0 Å². The number of rotatable bonds is 13. The molecule has 0 fully saturated rings. The van der Waals surface area contributed by atoms with Gasteiger partial charge in [-0.15, -0.1) is 11.8 Å². The molecule has 3 amide bonds. The molecule has 1 atom stereocenters. The van der Waals surface area contributed by atoms with E-state index in [4.69, 9.17) is 14.2 Å². The largest absolute Gasteiger partial charge is 0.496 e. The molecule has 3 N–H and O–H groups in total. The Bertz CT molecular complexity index is 1750. The van der Waals surface area contributed by atoms with Crippen molar-refractivity contribution in [3.05, 3.63) is 113 Å². The Labute approximate surface area is 279 Å². The molecule has 0 saturated heterocycles. The van der Waals surface area contributed by atoms with Crippen LogP contribution < -0.4 is 30.2 Å². The Kier molecular flexibility index (Phi) is 12.1. The van der Waals surface area contributed by atoms with Crippen LogP contribution in [0, 0.1) is 13.8 Å². The first kappa shape index (κ1) is 34.6. The van der Waals surface area contributed by atoms with Crippen LogP contribution in [0.4, 0.5) is 11.4 Å². The number of carbonyl (C=O) groups excluding carboxylic acids is 3. The standard InChI is InChI=1S/C37H39N3O6S/c1-7-34(37(43)39-28-17-23(2)16-24(3)18-28)47-29-15-11-14-27(21-29)38-36(42)30(40-35(41)25-12-9-8-10-13-25)19-26-20-32(45-5)33(46-6)22-31(26)44-4/h8-22,34H,7H2,1-6H3,(H,38,42)(H,39,43)(H,40,41)/b30-19+. The van der Waals surface area contributed by atoms with E-state index < -0.39 is 11.8 Å². The number of hydrogen-bond donors (Lipinski definition) is 3. The van der Waals surface area contributed by atoms with Crippen molar-refractivity contribution in [2.24, 2.45) is 0 Å². The molecular formula is C37H39N3O6S. The smallest absolute Gasteiger partial charge is 0.272 e. The number of thioether (sulfide) groups is 1. The normalized spacial score (nSPS) is 11.7. The minimum atomic E-state index is -0.562. The summed E-state index contributed by atoms with van der Waals surface area (Å²) in [4.78, 5) is 40.9. The van der Waals surface area contributed by atoms with Gasteiger partial charge in [0.25, 0.3) is 11.8 Å². The molecule has 0 aliphatic carbocycles. The lowest BCUT2D eigenvalue weighted by atomic mass is 10.1. The molecule has 1 unspecified atom stereocenters. The number of aryl methyl sites for hydroxylation is 2. The van der Waals surface area contributed by atoms with Crippen molar-refractivity contribution in [1.29, 1.82) is 0 Å². The third-order valence-corrected chi connectivity index (χ3v) is 8.45. The second-order valence-corrected chi connectivity index (χ2v) is 12.0. The molecule has 0 aliphatic rings. The van der Waals surface area contributed by atoms with Gasteiger partial charge in [0.05, 0.1) is 26.6 Å². The van der Waals surface area contributed by atoms with Crippen LogP contribution in [-0.4, -0.2) is 44.3 Å². The topological polar surface area (TPSA) is 115 Å². The number of methoxy groups -OCH3 is 3. The minimum absolute atomic E-state index is 0.0262. The molecule has 0 aromatic heterocycles. The fraction of sp³-hybridized carbons (Fsp3) is 0.216. The van der Waals surface area contributed by atoms with E-state index in [1.807, 2.05) is 39.0 Å². The van der Waals surface area contributed by atoms with Crippen LogP contribution >= 0.6 is 11.8 Å². The molecule has 47 heavy (non-hydrogen) atoms. The minimum Gasteiger partial charge on any atom is -0.496 e. The average molecular weight is 654 g/mol. The molecule has 4 rings (SSSR count). The highest BCUT2D eigenvalue weighted by Crippen LogP contribution is 2.36. The van der Waals surface area contributed by atoms with Crippen LogP contribution in [0.3, 0.4) is 0 Å². The average Bonchev–Trinajstić information content (AvgIpc) is 3.06. The summed E-state index contributed by atoms with van der Waals surface area (Å²) in [7, 11) is 4.51. The molecule has 4 aromatic rings. The van der Waals surface area contributed by atoms with Crippen molar-refractivity contribution in [1.82, 2.24) is 5.32 Å². The molecular weight excluding hydrogens is 614 g/mol. The van der Waals surface area contributed by atoms with E-state index in [-0.39, 0.29) is 16.9 Å². The molecule has 0 radical (unpaired) electrons. The van der Waals surface area contributed by atoms with Gasteiger partial charge in [-0.1, -0.05) is 37.3 Å². The summed E-state index contributed by atoms with van der Waals surface area (Å²) in [6.07, 6.45) is 2.11. The zero-order valence-electron chi connectivity index (χ0n) is 27.3. The molecule has 9 nitrogen and oxygen atoms in total. The number of nitrogens with one attached hydrogen (secondary N) is 3. The zero-order valence-corrected chi connectivity index (χ0v) is 28.1. The summed E-state index contributed by atoms with van der Waals surface area (Å²) in [6, 6.07) is 25.1. The summed E-state index contributed by atoms with van der Waals surface area (Å²) in [6.45, 7) is 5.94. The molecule has 4 aromatic carbocycles. The summed E-state index contributed by atoms with van der Waals surface area (Å²) in [5, 5.41) is 8.30. The van der Waals surface area contributed by atoms with E-state index in [9.17, 15) is 14.4 Å². The van der Waals surface area contributed by atoms with Crippen molar-refractivity contribution in [3.63, 3.8) is 0 Å². The van der Waals surface area contributed by atoms with Crippen molar-refractivity contribution in [2.75, 3.05) is 32.0 Å². The number of anilines is 2. The van der Waals surface area contributed by atoms with Gasteiger partial charge < -0.3 is 30.2 Å². The Balaban J connectivity index is 1.59. The number of hydrogen-bond acceptors (Lipinski definition) is 7. The summed E-state index contributed by atoms with van der Waals surface area (Å²) in [5.41, 5.74) is 4.23. The predicted molar refractivity (Wildman–Crippen MR) is 188 cm³/mol. The van der Waals surface area contributed by atoms with Crippen LogP contribution in [0.25, 0.3) is 6.08 Å². The van der Waals surface area contributed by atoms with Gasteiger partial charge in [0, 0.05) is 33.5 Å². The van der Waals surface area contributed by atoms with Crippen molar-refractivity contribution in [3.8, 4) is 17.2 Å². The van der Waals surface area contributed by atoms with Crippen molar-refractivity contribution >= 4 is 46.9 Å². The molecule has 0 heterocycles. The number of benzene rings is 4. The quantitative estimate of drug-likeness (QED) is 0.103. The summed E-state index contributed by atoms with van der Waals surface area (Å²) in [5.74, 6) is 0.151. The number of ether oxygens (including phenoxy) is 3. The lowest BCUT2D eigenvalue weighted by Crippen LogP contribution is -2.30. The Morgan fingerprint density at radius 3 is 2.04 bits per heavy atom. The van der Waals surface area contributed by atoms with Crippen LogP contribution in [0.2, 0.25) is 0 Å². The first-order chi connectivity index (χ1) is 22.6. The lowest BCUT2D eigenvalue weighted by Gasteiger charge is -2.17. The van der Waals surface area contributed by atoms with Crippen molar-refractivity contribution < 1.29 is 28.6 Å². The van der Waals surface area contributed by atoms with E-state index in [1.165, 1.54) is 39.2 Å². The van der Waals surface area contributed by atoms with Gasteiger partial charge >= 0.3 is 0 Å². The van der Waals surface area contributed by atoms with Gasteiger partial charge in [-0.3, -0.25) is 14.4 Å². The zero-order chi connectivity index (χ0) is 33.9. The highest BCUT2D eigenvalue weighted by Gasteiger charge is 2.20. The Hall–Kier alpha value is -5.22. The monoisotopic (exact) mass is 653 g/mol. The third kappa shape index (κ3) is 9.40. The van der Waals surface area contributed by atoms with Gasteiger partial charge in [-0.25, -0.2) is 0 Å². The van der Waals surface area contributed by atoms with E-state index in [0.29, 0.717) is 40.5 Å². The predicted octanol–water partition coefficient (Wildman–Crippen LogP) is 7.25. The van der Waals surface area contributed by atoms with Crippen LogP contribution in [0.5, 0.6) is 17.2 Å². The third-order valence-electron chi connectivity index (χ3n) is 7.09. The Morgan fingerprint density at radius 2 is 1.40 bits per heavy atom. The SMILES string of the molecule is CCC(Sc1cccc(NC(=O)/C(=C\c2cc(OC)c(OC)cc2OC)NC(=O)c2ccccc2)c1)C(=O)Nc1cc(C)cc(C)c1. The Morgan fingerprint density at radius 1 is 0.745 bits per heavy atom. The fourth-order valence-electron chi connectivity index (χ4n) is 4.87. The van der Waals surface area contributed by atoms with E-state index in [0.717, 1.165) is 21.7 Å². The number of carbonyl (C=O) groups is 3. The second kappa shape index (κ2) is 16.4.